The second-order valence-electron chi connectivity index (χ2n) is 11.1. The molecule has 2 aliphatic rings. The SMILES string of the molecule is CC(C)(C)OC(=O)N1CCC(Oc2cc(F)nc(/C(N)=N/OC(=O)C3(C)CCCc4sc(N)c(C#N)c43)c2)CC1. The number of rotatable bonds is 5. The zero-order valence-electron chi connectivity index (χ0n) is 23.0. The van der Waals surface area contributed by atoms with Crippen molar-refractivity contribution >= 4 is 34.2 Å². The van der Waals surface area contributed by atoms with E-state index in [1.807, 2.05) is 20.8 Å². The van der Waals surface area contributed by atoms with Gasteiger partial charge in [0, 0.05) is 48.5 Å². The molecule has 2 aromatic heterocycles. The van der Waals surface area contributed by atoms with Gasteiger partial charge in [-0.05, 0) is 47.0 Å². The van der Waals surface area contributed by atoms with Crippen LogP contribution in [0.4, 0.5) is 14.2 Å². The second-order valence-corrected chi connectivity index (χ2v) is 12.2. The number of nitrogen functional groups attached to an aromatic ring is 1. The molecular formula is C27H33FN6O5S. The summed E-state index contributed by atoms with van der Waals surface area (Å²) in [7, 11) is 0. The highest BCUT2D eigenvalue weighted by Crippen LogP contribution is 2.46. The summed E-state index contributed by atoms with van der Waals surface area (Å²) >= 11 is 1.30. The number of carbonyl (C=O) groups excluding carboxylic acids is 2. The van der Waals surface area contributed by atoms with Crippen molar-refractivity contribution in [2.75, 3.05) is 18.8 Å². The number of thiophene rings is 1. The Bertz CT molecular complexity index is 1370. The predicted octanol–water partition coefficient (Wildman–Crippen LogP) is 3.97. The number of amidine groups is 1. The molecule has 0 spiro atoms. The Morgan fingerprint density at radius 2 is 2.00 bits per heavy atom. The largest absolute Gasteiger partial charge is 0.490 e. The van der Waals surface area contributed by atoms with Crippen LogP contribution < -0.4 is 16.2 Å². The van der Waals surface area contributed by atoms with E-state index in [0.717, 1.165) is 17.4 Å². The first-order valence-electron chi connectivity index (χ1n) is 13.0. The predicted molar refractivity (Wildman–Crippen MR) is 146 cm³/mol. The van der Waals surface area contributed by atoms with Crippen LogP contribution in [0.25, 0.3) is 0 Å². The molecule has 1 aliphatic carbocycles. The highest BCUT2D eigenvalue weighted by Gasteiger charge is 2.44. The molecule has 11 nitrogen and oxygen atoms in total. The molecule has 1 unspecified atom stereocenters. The summed E-state index contributed by atoms with van der Waals surface area (Å²) in [6, 6.07) is 4.62. The third-order valence-corrected chi connectivity index (χ3v) is 7.94. The molecule has 1 amide bonds. The second kappa shape index (κ2) is 11.3. The summed E-state index contributed by atoms with van der Waals surface area (Å²) in [5, 5.41) is 13.7. The molecule has 13 heteroatoms. The fraction of sp³-hybridized carbons (Fsp3) is 0.519. The zero-order chi connectivity index (χ0) is 29.2. The fourth-order valence-corrected chi connectivity index (χ4v) is 6.08. The van der Waals surface area contributed by atoms with Crippen molar-refractivity contribution in [1.29, 1.82) is 5.26 Å². The molecule has 3 heterocycles. The molecular weight excluding hydrogens is 539 g/mol. The van der Waals surface area contributed by atoms with Crippen LogP contribution in [0.1, 0.15) is 75.1 Å². The molecule has 1 atom stereocenters. The molecule has 214 valence electrons. The Kier molecular flexibility index (Phi) is 8.20. The lowest BCUT2D eigenvalue weighted by Crippen LogP contribution is -2.44. The number of aromatic nitrogens is 1. The average Bonchev–Trinajstić information content (AvgIpc) is 3.22. The molecule has 0 saturated carbocycles. The Labute approximate surface area is 235 Å². The van der Waals surface area contributed by atoms with Crippen LogP contribution >= 0.6 is 11.3 Å². The maximum Gasteiger partial charge on any atom is 0.410 e. The zero-order valence-corrected chi connectivity index (χ0v) is 23.8. The number of oxime groups is 1. The van der Waals surface area contributed by atoms with Gasteiger partial charge >= 0.3 is 12.1 Å². The van der Waals surface area contributed by atoms with E-state index >= 15 is 0 Å². The number of anilines is 1. The van der Waals surface area contributed by atoms with Gasteiger partial charge in [0.2, 0.25) is 5.95 Å². The van der Waals surface area contributed by atoms with Crippen LogP contribution in [0.5, 0.6) is 5.75 Å². The van der Waals surface area contributed by atoms with Crippen molar-refractivity contribution in [2.24, 2.45) is 10.9 Å². The Hall–Kier alpha value is -3.92. The minimum absolute atomic E-state index is 0.0685. The Balaban J connectivity index is 1.42. The van der Waals surface area contributed by atoms with E-state index in [9.17, 15) is 19.2 Å². The lowest BCUT2D eigenvalue weighted by molar-refractivity contribution is -0.150. The van der Waals surface area contributed by atoms with Gasteiger partial charge in [0.15, 0.2) is 5.84 Å². The number of pyridine rings is 1. The lowest BCUT2D eigenvalue weighted by Gasteiger charge is -2.33. The first kappa shape index (κ1) is 29.1. The van der Waals surface area contributed by atoms with Crippen LogP contribution in [0.2, 0.25) is 0 Å². The molecule has 0 aromatic carbocycles. The number of amides is 1. The van der Waals surface area contributed by atoms with Crippen LogP contribution in [-0.4, -0.2) is 52.6 Å². The van der Waals surface area contributed by atoms with Crippen molar-refractivity contribution in [3.05, 3.63) is 39.8 Å². The van der Waals surface area contributed by atoms with Gasteiger partial charge in [-0.2, -0.15) is 9.65 Å². The van der Waals surface area contributed by atoms with E-state index in [1.165, 1.54) is 17.4 Å². The highest BCUT2D eigenvalue weighted by molar-refractivity contribution is 7.16. The van der Waals surface area contributed by atoms with Crippen LogP contribution in [0, 0.1) is 17.3 Å². The third kappa shape index (κ3) is 6.28. The average molecular weight is 573 g/mol. The Morgan fingerprint density at radius 1 is 1.30 bits per heavy atom. The number of nitrogens with zero attached hydrogens (tertiary/aromatic N) is 4. The number of fused-ring (bicyclic) bond motifs is 1. The van der Waals surface area contributed by atoms with E-state index < -0.39 is 22.9 Å². The topological polar surface area (TPSA) is 166 Å². The maximum atomic E-state index is 14.3. The number of halogens is 1. The maximum absolute atomic E-state index is 14.3. The number of ether oxygens (including phenoxy) is 2. The first-order valence-corrected chi connectivity index (χ1v) is 13.8. The first-order chi connectivity index (χ1) is 18.8. The smallest absolute Gasteiger partial charge is 0.410 e. The minimum atomic E-state index is -1.13. The highest BCUT2D eigenvalue weighted by atomic mass is 32.1. The molecule has 4 N–H and O–H groups in total. The summed E-state index contributed by atoms with van der Waals surface area (Å²) in [6.07, 6.45) is 2.28. The number of likely N-dealkylation sites (tertiary alicyclic amines) is 1. The standard InChI is InChI=1S/C27H33FN6O5S/c1-26(2,3)38-25(36)34-10-7-15(8-11-34)37-16-12-18(32-20(28)13-16)22(30)33-39-24(35)27(4)9-5-6-19-21(27)17(14-29)23(31)40-19/h12-13,15H,5-11,31H2,1-4H3,(H2,30,33). The van der Waals surface area contributed by atoms with Crippen molar-refractivity contribution < 1.29 is 28.3 Å². The molecule has 4 rings (SSSR count). The van der Waals surface area contributed by atoms with E-state index in [0.29, 0.717) is 49.3 Å². The molecule has 1 aliphatic heterocycles. The minimum Gasteiger partial charge on any atom is -0.490 e. The molecule has 1 fully saturated rings. The summed E-state index contributed by atoms with van der Waals surface area (Å²) < 4.78 is 25.7. The molecule has 2 aromatic rings. The van der Waals surface area contributed by atoms with Gasteiger partial charge in [0.05, 0.1) is 11.0 Å². The number of nitrogens with two attached hydrogens (primary N) is 2. The van der Waals surface area contributed by atoms with Crippen LogP contribution in [0.3, 0.4) is 0 Å². The monoisotopic (exact) mass is 572 g/mol. The van der Waals surface area contributed by atoms with E-state index in [4.69, 9.17) is 25.8 Å². The van der Waals surface area contributed by atoms with Gasteiger partial charge in [-0.1, -0.05) is 5.16 Å². The number of nitriles is 1. The molecule has 0 radical (unpaired) electrons. The third-order valence-electron chi connectivity index (χ3n) is 6.86. The van der Waals surface area contributed by atoms with E-state index in [-0.39, 0.29) is 35.0 Å². The van der Waals surface area contributed by atoms with Gasteiger partial charge in [-0.25, -0.2) is 14.6 Å². The van der Waals surface area contributed by atoms with Crippen molar-refractivity contribution in [1.82, 2.24) is 9.88 Å². The number of hydrogen-bond acceptors (Lipinski definition) is 10. The van der Waals surface area contributed by atoms with Crippen LogP contribution in [-0.2, 0) is 26.2 Å². The number of piperidine rings is 1. The summed E-state index contributed by atoms with van der Waals surface area (Å²) in [5.41, 5.74) is 11.1. The molecule has 1 saturated heterocycles. The number of aryl methyl sites for hydroxylation is 1. The number of hydrogen-bond donors (Lipinski definition) is 2. The number of carbonyl (C=O) groups is 2. The van der Waals surface area contributed by atoms with Crippen molar-refractivity contribution in [3.63, 3.8) is 0 Å². The van der Waals surface area contributed by atoms with Crippen LogP contribution in [0.15, 0.2) is 17.3 Å². The quantitative estimate of drug-likeness (QED) is 0.177. The van der Waals surface area contributed by atoms with Crippen molar-refractivity contribution in [3.8, 4) is 11.8 Å². The summed E-state index contributed by atoms with van der Waals surface area (Å²) in [6.45, 7) is 7.98. The van der Waals surface area contributed by atoms with Gasteiger partial charge in [0.1, 0.15) is 34.2 Å². The van der Waals surface area contributed by atoms with Gasteiger partial charge in [0.25, 0.3) is 0 Å². The molecule has 40 heavy (non-hydrogen) atoms. The Morgan fingerprint density at radius 3 is 2.65 bits per heavy atom. The van der Waals surface area contributed by atoms with E-state index in [1.54, 1.807) is 11.8 Å². The van der Waals surface area contributed by atoms with Gasteiger partial charge in [-0.15, -0.1) is 11.3 Å². The lowest BCUT2D eigenvalue weighted by atomic mass is 9.72. The molecule has 0 bridgehead atoms. The van der Waals surface area contributed by atoms with E-state index in [2.05, 4.69) is 16.2 Å². The van der Waals surface area contributed by atoms with Gasteiger partial charge < -0.3 is 30.7 Å². The normalized spacial score (nSPS) is 19.9. The summed E-state index contributed by atoms with van der Waals surface area (Å²) in [4.78, 5) is 36.9. The van der Waals surface area contributed by atoms with Gasteiger partial charge in [-0.3, -0.25) is 0 Å². The van der Waals surface area contributed by atoms with Crippen molar-refractivity contribution in [2.45, 2.75) is 76.9 Å². The fourth-order valence-electron chi connectivity index (χ4n) is 4.89. The summed E-state index contributed by atoms with van der Waals surface area (Å²) in [5.74, 6) is -1.68.